The topological polar surface area (TPSA) is 9.23 Å². The molecule has 0 saturated carbocycles. The summed E-state index contributed by atoms with van der Waals surface area (Å²) < 4.78 is 5.90. The normalized spacial score (nSPS) is 11.9. The van der Waals surface area contributed by atoms with Crippen LogP contribution in [0.1, 0.15) is 24.0 Å². The molecule has 0 radical (unpaired) electrons. The van der Waals surface area contributed by atoms with E-state index in [0.717, 1.165) is 6.61 Å². The van der Waals surface area contributed by atoms with Gasteiger partial charge in [-0.3, -0.25) is 0 Å². The van der Waals surface area contributed by atoms with Crippen molar-refractivity contribution in [3.05, 3.63) is 83.6 Å². The Morgan fingerprint density at radius 2 is 1.47 bits per heavy atom. The summed E-state index contributed by atoms with van der Waals surface area (Å²) in [6, 6.07) is 21.2. The van der Waals surface area contributed by atoms with Gasteiger partial charge in [-0.2, -0.15) is 0 Å². The summed E-state index contributed by atoms with van der Waals surface area (Å²) in [5.74, 6) is 0.333. The molecule has 0 N–H and O–H groups in total. The van der Waals surface area contributed by atoms with E-state index >= 15 is 0 Å². The van der Waals surface area contributed by atoms with Crippen molar-refractivity contribution in [2.75, 3.05) is 6.61 Å². The molecule has 0 spiro atoms. The van der Waals surface area contributed by atoms with Gasteiger partial charge in [0.05, 0.1) is 0 Å². The minimum atomic E-state index is -0.522. The second-order valence-electron chi connectivity index (χ2n) is 4.48. The van der Waals surface area contributed by atoms with Gasteiger partial charge in [-0.25, -0.2) is 0 Å². The largest absolute Gasteiger partial charge is 0.418 e. The summed E-state index contributed by atoms with van der Waals surface area (Å²) in [4.78, 5) is 0. The maximum Gasteiger partial charge on any atom is 0.184 e. The molecule has 0 saturated heterocycles. The lowest BCUT2D eigenvalue weighted by Gasteiger charge is -2.18. The third-order valence-corrected chi connectivity index (χ3v) is 4.27. The van der Waals surface area contributed by atoms with Crippen LogP contribution in [0.25, 0.3) is 0 Å². The first-order chi connectivity index (χ1) is 9.42. The lowest BCUT2D eigenvalue weighted by Crippen LogP contribution is -2.11. The number of rotatable bonds is 6. The fourth-order valence-electron chi connectivity index (χ4n) is 2.11. The fraction of sp³-hybridized carbons (Fsp3) is 0.176. The maximum atomic E-state index is 5.90. The molecular formula is C17H20OSi. The van der Waals surface area contributed by atoms with Crippen LogP contribution in [-0.2, 0) is 4.43 Å². The van der Waals surface area contributed by atoms with E-state index in [-0.39, 0.29) is 0 Å². The first-order valence-electron chi connectivity index (χ1n) is 6.70. The van der Waals surface area contributed by atoms with Crippen LogP contribution >= 0.6 is 0 Å². The van der Waals surface area contributed by atoms with Gasteiger partial charge in [-0.1, -0.05) is 72.4 Å². The number of allylic oxidation sites excluding steroid dienone is 1. The van der Waals surface area contributed by atoms with Crippen molar-refractivity contribution >= 4 is 9.76 Å². The van der Waals surface area contributed by atoms with E-state index < -0.39 is 9.76 Å². The molecule has 98 valence electrons. The van der Waals surface area contributed by atoms with Crippen LogP contribution in [0, 0.1) is 0 Å². The average Bonchev–Trinajstić information content (AvgIpc) is 2.49. The van der Waals surface area contributed by atoms with Crippen molar-refractivity contribution in [1.29, 1.82) is 0 Å². The number of hydrogen-bond donors (Lipinski definition) is 0. The highest BCUT2D eigenvalue weighted by Gasteiger charge is 2.13. The molecule has 1 nitrogen and oxygen atoms in total. The van der Waals surface area contributed by atoms with E-state index in [1.165, 1.54) is 11.1 Å². The van der Waals surface area contributed by atoms with E-state index in [2.05, 4.69) is 72.4 Å². The molecule has 0 heterocycles. The first kappa shape index (κ1) is 13.8. The molecule has 0 aliphatic rings. The molecule has 0 bridgehead atoms. The predicted molar refractivity (Wildman–Crippen MR) is 84.0 cm³/mol. The molecule has 19 heavy (non-hydrogen) atoms. The van der Waals surface area contributed by atoms with Crippen molar-refractivity contribution in [3.8, 4) is 0 Å². The number of hydrogen-bond acceptors (Lipinski definition) is 1. The average molecular weight is 268 g/mol. The SMILES string of the molecule is CC=C[SiH2]OCC(c1ccccc1)c1ccccc1. The summed E-state index contributed by atoms with van der Waals surface area (Å²) >= 11 is 0. The molecule has 0 aromatic heterocycles. The van der Waals surface area contributed by atoms with E-state index in [0.29, 0.717) is 5.92 Å². The van der Waals surface area contributed by atoms with Crippen molar-refractivity contribution in [2.24, 2.45) is 0 Å². The van der Waals surface area contributed by atoms with Crippen LogP contribution in [0.5, 0.6) is 0 Å². The lowest BCUT2D eigenvalue weighted by molar-refractivity contribution is 0.325. The van der Waals surface area contributed by atoms with Crippen LogP contribution in [-0.4, -0.2) is 16.4 Å². The highest BCUT2D eigenvalue weighted by Crippen LogP contribution is 2.24. The van der Waals surface area contributed by atoms with Crippen LogP contribution in [0.4, 0.5) is 0 Å². The Bertz CT molecular complexity index is 454. The molecule has 0 aliphatic carbocycles. The molecule has 0 unspecified atom stereocenters. The van der Waals surface area contributed by atoms with Crippen LogP contribution in [0.3, 0.4) is 0 Å². The third-order valence-electron chi connectivity index (χ3n) is 3.14. The Hall–Kier alpha value is -1.64. The maximum absolute atomic E-state index is 5.90. The fourth-order valence-corrected chi connectivity index (χ4v) is 2.81. The highest BCUT2D eigenvalue weighted by atomic mass is 28.2. The Kier molecular flexibility index (Phi) is 5.60. The van der Waals surface area contributed by atoms with Gasteiger partial charge in [0.25, 0.3) is 0 Å². The van der Waals surface area contributed by atoms with Crippen LogP contribution in [0.2, 0.25) is 0 Å². The smallest absolute Gasteiger partial charge is 0.184 e. The van der Waals surface area contributed by atoms with Gasteiger partial charge in [0, 0.05) is 12.5 Å². The monoisotopic (exact) mass is 268 g/mol. The van der Waals surface area contributed by atoms with Crippen LogP contribution < -0.4 is 0 Å². The summed E-state index contributed by atoms with van der Waals surface area (Å²) in [7, 11) is -0.522. The van der Waals surface area contributed by atoms with Crippen molar-refractivity contribution in [3.63, 3.8) is 0 Å². The Labute approximate surface area is 117 Å². The van der Waals surface area contributed by atoms with Crippen molar-refractivity contribution < 1.29 is 4.43 Å². The van der Waals surface area contributed by atoms with Gasteiger partial charge in [0.2, 0.25) is 0 Å². The van der Waals surface area contributed by atoms with E-state index in [9.17, 15) is 0 Å². The van der Waals surface area contributed by atoms with Gasteiger partial charge in [0.1, 0.15) is 0 Å². The van der Waals surface area contributed by atoms with Gasteiger partial charge < -0.3 is 4.43 Å². The predicted octanol–water partition coefficient (Wildman–Crippen LogP) is 3.45. The van der Waals surface area contributed by atoms with Crippen molar-refractivity contribution in [1.82, 2.24) is 0 Å². The molecule has 2 heteroatoms. The number of benzene rings is 2. The molecule has 0 atom stereocenters. The van der Waals surface area contributed by atoms with Gasteiger partial charge in [0.15, 0.2) is 9.76 Å². The molecule has 2 rings (SSSR count). The Morgan fingerprint density at radius 3 is 1.95 bits per heavy atom. The summed E-state index contributed by atoms with van der Waals surface area (Å²) in [5, 5.41) is 0. The molecule has 0 fully saturated rings. The Morgan fingerprint density at radius 1 is 0.947 bits per heavy atom. The van der Waals surface area contributed by atoms with Gasteiger partial charge in [-0.15, -0.1) is 0 Å². The zero-order chi connectivity index (χ0) is 13.3. The van der Waals surface area contributed by atoms with Crippen LogP contribution in [0.15, 0.2) is 72.4 Å². The van der Waals surface area contributed by atoms with E-state index in [1.54, 1.807) is 0 Å². The van der Waals surface area contributed by atoms with E-state index in [4.69, 9.17) is 4.43 Å². The second-order valence-corrected chi connectivity index (χ2v) is 5.69. The lowest BCUT2D eigenvalue weighted by atomic mass is 9.92. The molecular weight excluding hydrogens is 248 g/mol. The minimum absolute atomic E-state index is 0.333. The van der Waals surface area contributed by atoms with Gasteiger partial charge >= 0.3 is 0 Å². The summed E-state index contributed by atoms with van der Waals surface area (Å²) in [6.45, 7) is 2.81. The highest BCUT2D eigenvalue weighted by molar-refractivity contribution is 6.34. The standard InChI is InChI=1S/C17H20OSi/c1-2-13-19-18-14-17(15-9-5-3-6-10-15)16-11-7-4-8-12-16/h2-13,17H,14,19H2,1H3. The van der Waals surface area contributed by atoms with Crippen molar-refractivity contribution in [2.45, 2.75) is 12.8 Å². The molecule has 2 aromatic rings. The second kappa shape index (κ2) is 7.72. The van der Waals surface area contributed by atoms with Gasteiger partial charge in [-0.05, 0) is 18.1 Å². The Balaban J connectivity index is 2.14. The third kappa shape index (κ3) is 4.19. The molecule has 0 amide bonds. The first-order valence-corrected chi connectivity index (χ1v) is 8.10. The summed E-state index contributed by atoms with van der Waals surface area (Å²) in [5.41, 5.74) is 4.82. The molecule has 0 aliphatic heterocycles. The zero-order valence-electron chi connectivity index (χ0n) is 11.3. The quantitative estimate of drug-likeness (QED) is 0.576. The minimum Gasteiger partial charge on any atom is -0.418 e. The van der Waals surface area contributed by atoms with E-state index in [1.807, 2.05) is 6.92 Å². The zero-order valence-corrected chi connectivity index (χ0v) is 12.7. The molecule has 2 aromatic carbocycles. The summed E-state index contributed by atoms with van der Waals surface area (Å²) in [6.07, 6.45) is 2.08.